The van der Waals surface area contributed by atoms with Gasteiger partial charge in [0.25, 0.3) is 0 Å². The molecule has 0 unspecified atom stereocenters. The highest BCUT2D eigenvalue weighted by Crippen LogP contribution is 2.38. The largest absolute Gasteiger partial charge is 0.121 e. The summed E-state index contributed by atoms with van der Waals surface area (Å²) in [6.45, 7) is 2.15. The summed E-state index contributed by atoms with van der Waals surface area (Å²) < 4.78 is 0. The fraction of sp³-hybridized carbons (Fsp3) is 0.0385. The molecule has 0 nitrogen and oxygen atoms in total. The minimum Gasteiger partial charge on any atom is -0.121 e. The molecule has 3 aromatic rings. The molecule has 0 radical (unpaired) electrons. The second-order valence-corrected chi connectivity index (χ2v) is 6.44. The molecule has 0 heterocycles. The predicted molar refractivity (Wildman–Crippen MR) is 112 cm³/mol. The number of rotatable bonds is 3. The van der Waals surface area contributed by atoms with Crippen LogP contribution in [-0.4, -0.2) is 0 Å². The van der Waals surface area contributed by atoms with Gasteiger partial charge in [0.05, 0.1) is 0 Å². The average Bonchev–Trinajstić information content (AvgIpc) is 2.95. The lowest BCUT2D eigenvalue weighted by Gasteiger charge is -2.17. The molecular formula is C26H20. The summed E-state index contributed by atoms with van der Waals surface area (Å²) in [5.41, 5.74) is 11.9. The van der Waals surface area contributed by atoms with Crippen LogP contribution >= 0.6 is 0 Å². The fourth-order valence-electron chi connectivity index (χ4n) is 3.35. The van der Waals surface area contributed by atoms with Crippen molar-refractivity contribution in [2.45, 2.75) is 6.92 Å². The van der Waals surface area contributed by atoms with Crippen molar-refractivity contribution in [2.75, 3.05) is 0 Å². The van der Waals surface area contributed by atoms with E-state index in [2.05, 4.69) is 104 Å². The van der Waals surface area contributed by atoms with Crippen LogP contribution in [-0.2, 0) is 0 Å². The second-order valence-electron chi connectivity index (χ2n) is 6.44. The third-order valence-corrected chi connectivity index (χ3v) is 4.62. The van der Waals surface area contributed by atoms with Crippen molar-refractivity contribution in [3.05, 3.63) is 126 Å². The van der Waals surface area contributed by atoms with E-state index in [1.165, 1.54) is 39.0 Å². The van der Waals surface area contributed by atoms with E-state index in [0.717, 1.165) is 0 Å². The molecule has 0 atom stereocenters. The van der Waals surface area contributed by atoms with E-state index in [4.69, 9.17) is 0 Å². The van der Waals surface area contributed by atoms with Crippen molar-refractivity contribution in [3.8, 4) is 11.1 Å². The number of benzene rings is 3. The predicted octanol–water partition coefficient (Wildman–Crippen LogP) is 6.85. The molecule has 0 aliphatic heterocycles. The van der Waals surface area contributed by atoms with Crippen LogP contribution in [0.15, 0.2) is 109 Å². The zero-order chi connectivity index (χ0) is 17.8. The van der Waals surface area contributed by atoms with E-state index >= 15 is 0 Å². The van der Waals surface area contributed by atoms with E-state index in [1.54, 1.807) is 0 Å². The zero-order valence-corrected chi connectivity index (χ0v) is 14.8. The van der Waals surface area contributed by atoms with Gasteiger partial charge in [0, 0.05) is 0 Å². The Hall–Kier alpha value is -3.34. The Morgan fingerprint density at radius 1 is 0.577 bits per heavy atom. The molecule has 4 rings (SSSR count). The lowest BCUT2D eigenvalue weighted by atomic mass is 9.86. The average molecular weight is 332 g/mol. The van der Waals surface area contributed by atoms with E-state index in [-0.39, 0.29) is 0 Å². The quantitative estimate of drug-likeness (QED) is 0.460. The Labute approximate surface area is 155 Å². The van der Waals surface area contributed by atoms with Crippen LogP contribution in [0, 0.1) is 6.92 Å². The third kappa shape index (κ3) is 3.24. The van der Waals surface area contributed by atoms with Gasteiger partial charge in [-0.2, -0.15) is 0 Å². The van der Waals surface area contributed by atoms with Gasteiger partial charge in [-0.1, -0.05) is 84.4 Å². The Bertz CT molecular complexity index is 1040. The number of allylic oxidation sites excluding steroid dienone is 5. The molecular weight excluding hydrogens is 312 g/mol. The van der Waals surface area contributed by atoms with Gasteiger partial charge in [0.1, 0.15) is 0 Å². The monoisotopic (exact) mass is 332 g/mol. The van der Waals surface area contributed by atoms with Gasteiger partial charge in [-0.05, 0) is 64.6 Å². The van der Waals surface area contributed by atoms with Crippen LogP contribution in [0.2, 0.25) is 0 Å². The van der Waals surface area contributed by atoms with Crippen molar-refractivity contribution in [1.29, 1.82) is 0 Å². The molecule has 0 saturated carbocycles. The molecule has 0 saturated heterocycles. The standard InChI is InChI=1S/C26H20/c1-20-17-18-25(26(19-20)22-13-7-3-8-14-22)24-16-10-4-9-15-23(24)21-11-5-2-6-12-21/h2-3,5-19H,1H3. The molecule has 1 aliphatic rings. The first-order valence-corrected chi connectivity index (χ1v) is 8.88. The fourth-order valence-corrected chi connectivity index (χ4v) is 3.35. The van der Waals surface area contributed by atoms with Crippen molar-refractivity contribution < 1.29 is 0 Å². The van der Waals surface area contributed by atoms with Crippen LogP contribution in [0.5, 0.6) is 0 Å². The molecule has 1 aliphatic carbocycles. The Morgan fingerprint density at radius 2 is 1.19 bits per heavy atom. The van der Waals surface area contributed by atoms with Crippen LogP contribution in [0.4, 0.5) is 0 Å². The summed E-state index contributed by atoms with van der Waals surface area (Å²) >= 11 is 0. The molecule has 26 heavy (non-hydrogen) atoms. The van der Waals surface area contributed by atoms with Gasteiger partial charge in [-0.25, -0.2) is 0 Å². The molecule has 0 heteroatoms. The molecule has 0 N–H and O–H groups in total. The Kier molecular flexibility index (Phi) is 4.51. The van der Waals surface area contributed by atoms with Crippen LogP contribution < -0.4 is 0 Å². The summed E-state index contributed by atoms with van der Waals surface area (Å²) in [5, 5.41) is 0. The third-order valence-electron chi connectivity index (χ3n) is 4.62. The van der Waals surface area contributed by atoms with Crippen LogP contribution in [0.25, 0.3) is 22.3 Å². The van der Waals surface area contributed by atoms with Gasteiger partial charge in [-0.15, -0.1) is 5.73 Å². The zero-order valence-electron chi connectivity index (χ0n) is 14.8. The first kappa shape index (κ1) is 16.1. The highest BCUT2D eigenvalue weighted by atomic mass is 14.2. The number of aryl methyl sites for hydroxylation is 1. The molecule has 0 fully saturated rings. The summed E-state index contributed by atoms with van der Waals surface area (Å²) in [5.74, 6) is 0. The molecule has 0 spiro atoms. The normalized spacial score (nSPS) is 13.1. The maximum atomic E-state index is 3.21. The topological polar surface area (TPSA) is 0 Å². The maximum absolute atomic E-state index is 3.21. The van der Waals surface area contributed by atoms with Crippen molar-refractivity contribution in [1.82, 2.24) is 0 Å². The maximum Gasteiger partial charge on any atom is -0.00928 e. The first-order valence-electron chi connectivity index (χ1n) is 8.88. The second kappa shape index (κ2) is 7.27. The first-order chi connectivity index (χ1) is 12.8. The molecule has 0 aromatic heterocycles. The van der Waals surface area contributed by atoms with Gasteiger partial charge < -0.3 is 0 Å². The van der Waals surface area contributed by atoms with E-state index in [9.17, 15) is 0 Å². The van der Waals surface area contributed by atoms with E-state index in [0.29, 0.717) is 0 Å². The Balaban J connectivity index is 1.92. The highest BCUT2D eigenvalue weighted by Gasteiger charge is 2.15. The SMILES string of the molecule is Cc1ccc(C2=CC=C=CC=C2c2ccccc2)c(-c2ccccc2)c1. The number of hydrogen-bond acceptors (Lipinski definition) is 0. The van der Waals surface area contributed by atoms with E-state index < -0.39 is 0 Å². The van der Waals surface area contributed by atoms with Crippen molar-refractivity contribution in [3.63, 3.8) is 0 Å². The van der Waals surface area contributed by atoms with Gasteiger partial charge >= 0.3 is 0 Å². The number of hydrogen-bond donors (Lipinski definition) is 0. The molecule has 124 valence electrons. The Morgan fingerprint density at radius 3 is 1.88 bits per heavy atom. The highest BCUT2D eigenvalue weighted by molar-refractivity contribution is 6.08. The molecule has 3 aromatic carbocycles. The van der Waals surface area contributed by atoms with Crippen molar-refractivity contribution >= 4 is 11.1 Å². The summed E-state index contributed by atoms with van der Waals surface area (Å²) in [6, 6.07) is 27.9. The summed E-state index contributed by atoms with van der Waals surface area (Å²) in [4.78, 5) is 0. The summed E-state index contributed by atoms with van der Waals surface area (Å²) in [7, 11) is 0. The van der Waals surface area contributed by atoms with Crippen LogP contribution in [0.1, 0.15) is 16.7 Å². The molecule has 0 amide bonds. The lowest BCUT2D eigenvalue weighted by molar-refractivity contribution is 1.44. The van der Waals surface area contributed by atoms with Gasteiger partial charge in [0.2, 0.25) is 0 Å². The minimum absolute atomic E-state index is 1.21. The summed E-state index contributed by atoms with van der Waals surface area (Å²) in [6.07, 6.45) is 8.30. The van der Waals surface area contributed by atoms with Crippen molar-refractivity contribution in [2.24, 2.45) is 0 Å². The van der Waals surface area contributed by atoms with E-state index in [1.807, 2.05) is 12.2 Å². The smallest absolute Gasteiger partial charge is 0.00928 e. The molecule has 0 bridgehead atoms. The van der Waals surface area contributed by atoms with Gasteiger partial charge in [-0.3, -0.25) is 0 Å². The van der Waals surface area contributed by atoms with Crippen LogP contribution in [0.3, 0.4) is 0 Å². The minimum atomic E-state index is 1.21. The van der Waals surface area contributed by atoms with Gasteiger partial charge in [0.15, 0.2) is 0 Å². The lowest BCUT2D eigenvalue weighted by Crippen LogP contribution is -1.95.